The zero-order chi connectivity index (χ0) is 11.7. The maximum Gasteiger partial charge on any atom is 0.157 e. The summed E-state index contributed by atoms with van der Waals surface area (Å²) >= 11 is 0. The summed E-state index contributed by atoms with van der Waals surface area (Å²) in [4.78, 5) is 0. The lowest BCUT2D eigenvalue weighted by molar-refractivity contribution is 0.197. The van der Waals surface area contributed by atoms with Gasteiger partial charge in [-0.1, -0.05) is 20.8 Å². The summed E-state index contributed by atoms with van der Waals surface area (Å²) in [6.07, 6.45) is 3.72. The van der Waals surface area contributed by atoms with Crippen LogP contribution in [0.4, 0.5) is 0 Å². The van der Waals surface area contributed by atoms with Gasteiger partial charge in [0.25, 0.3) is 0 Å². The van der Waals surface area contributed by atoms with E-state index in [9.17, 15) is 0 Å². The van der Waals surface area contributed by atoms with Crippen molar-refractivity contribution in [2.45, 2.75) is 47.1 Å². The highest BCUT2D eigenvalue weighted by molar-refractivity contribution is 5.12. The molecule has 0 amide bonds. The monoisotopic (exact) mass is 210 g/mol. The predicted molar refractivity (Wildman–Crippen MR) is 62.2 cm³/mol. The van der Waals surface area contributed by atoms with E-state index in [1.54, 1.807) is 6.20 Å². The molecule has 15 heavy (non-hydrogen) atoms. The molecule has 0 aliphatic carbocycles. The summed E-state index contributed by atoms with van der Waals surface area (Å²) in [6.45, 7) is 13.5. The number of hydrogen-bond donors (Lipinski definition) is 0. The predicted octanol–water partition coefficient (Wildman–Crippen LogP) is 3.06. The molecular formula is C12H22N2O. The van der Waals surface area contributed by atoms with Crippen LogP contribution in [0.2, 0.25) is 0 Å². The standard InChI is InChI=1S/C12H22N2O/c1-11(2,3)9-15-10-7-13-14(8-10)12(4,5)6/h7-8H,9H2,1-6H3. The van der Waals surface area contributed by atoms with E-state index >= 15 is 0 Å². The Balaban J connectivity index is 2.62. The number of rotatable bonds is 2. The van der Waals surface area contributed by atoms with Crippen LogP contribution in [0, 0.1) is 5.41 Å². The third-order valence-electron chi connectivity index (χ3n) is 1.92. The molecule has 0 saturated carbocycles. The van der Waals surface area contributed by atoms with Crippen LogP contribution < -0.4 is 4.74 Å². The average molecular weight is 210 g/mol. The lowest BCUT2D eigenvalue weighted by atomic mass is 9.99. The highest BCUT2D eigenvalue weighted by Crippen LogP contribution is 2.20. The molecular weight excluding hydrogens is 188 g/mol. The van der Waals surface area contributed by atoms with E-state index < -0.39 is 0 Å². The summed E-state index contributed by atoms with van der Waals surface area (Å²) in [5, 5.41) is 4.28. The van der Waals surface area contributed by atoms with Gasteiger partial charge in [-0.05, 0) is 26.2 Å². The van der Waals surface area contributed by atoms with Crippen LogP contribution in [0.15, 0.2) is 12.4 Å². The smallest absolute Gasteiger partial charge is 0.157 e. The minimum absolute atomic E-state index is 0.0172. The maximum absolute atomic E-state index is 5.66. The Labute approximate surface area is 92.4 Å². The summed E-state index contributed by atoms with van der Waals surface area (Å²) in [7, 11) is 0. The molecule has 0 aliphatic heterocycles. The first-order valence-corrected chi connectivity index (χ1v) is 5.36. The third-order valence-corrected chi connectivity index (χ3v) is 1.92. The van der Waals surface area contributed by atoms with Crippen LogP contribution in [0.3, 0.4) is 0 Å². The molecule has 0 aliphatic rings. The SMILES string of the molecule is CC(C)(C)COc1cnn(C(C)(C)C)c1. The van der Waals surface area contributed by atoms with Gasteiger partial charge in [-0.15, -0.1) is 0 Å². The van der Waals surface area contributed by atoms with Gasteiger partial charge >= 0.3 is 0 Å². The lowest BCUT2D eigenvalue weighted by Crippen LogP contribution is -2.22. The van der Waals surface area contributed by atoms with Crippen LogP contribution in [-0.4, -0.2) is 16.4 Å². The molecule has 0 unspecified atom stereocenters. The molecule has 0 N–H and O–H groups in total. The molecule has 0 aromatic carbocycles. The van der Waals surface area contributed by atoms with Crippen molar-refractivity contribution in [1.29, 1.82) is 0 Å². The minimum atomic E-state index is 0.0172. The van der Waals surface area contributed by atoms with Crippen molar-refractivity contribution in [1.82, 2.24) is 9.78 Å². The highest BCUT2D eigenvalue weighted by atomic mass is 16.5. The minimum Gasteiger partial charge on any atom is -0.490 e. The molecule has 1 rings (SSSR count). The topological polar surface area (TPSA) is 27.1 Å². The molecule has 1 aromatic heterocycles. The van der Waals surface area contributed by atoms with Crippen molar-refractivity contribution in [2.24, 2.45) is 5.41 Å². The molecule has 0 atom stereocenters. The molecule has 0 saturated heterocycles. The largest absolute Gasteiger partial charge is 0.490 e. The van der Waals surface area contributed by atoms with Crippen LogP contribution in [0.5, 0.6) is 5.75 Å². The van der Waals surface area contributed by atoms with E-state index in [0.29, 0.717) is 6.61 Å². The van der Waals surface area contributed by atoms with Crippen LogP contribution in [-0.2, 0) is 5.54 Å². The molecule has 86 valence electrons. The fourth-order valence-electron chi connectivity index (χ4n) is 1.05. The summed E-state index contributed by atoms with van der Waals surface area (Å²) in [6, 6.07) is 0. The molecule has 0 radical (unpaired) electrons. The third kappa shape index (κ3) is 3.94. The van der Waals surface area contributed by atoms with E-state index in [0.717, 1.165) is 5.75 Å². The maximum atomic E-state index is 5.66. The van der Waals surface area contributed by atoms with Gasteiger partial charge in [0.2, 0.25) is 0 Å². The van der Waals surface area contributed by atoms with Crippen molar-refractivity contribution < 1.29 is 4.74 Å². The first-order chi connectivity index (χ1) is 6.68. The lowest BCUT2D eigenvalue weighted by Gasteiger charge is -2.19. The van der Waals surface area contributed by atoms with Gasteiger partial charge in [-0.25, -0.2) is 0 Å². The molecule has 0 fully saturated rings. The quantitative estimate of drug-likeness (QED) is 0.750. The second-order valence-corrected chi connectivity index (χ2v) is 6.14. The van der Waals surface area contributed by atoms with Gasteiger partial charge in [0.1, 0.15) is 0 Å². The van der Waals surface area contributed by atoms with Crippen molar-refractivity contribution >= 4 is 0 Å². The second kappa shape index (κ2) is 3.87. The number of aromatic nitrogens is 2. The number of hydrogen-bond acceptors (Lipinski definition) is 2. The fraction of sp³-hybridized carbons (Fsp3) is 0.750. The molecule has 1 heterocycles. The van der Waals surface area contributed by atoms with Gasteiger partial charge in [0.15, 0.2) is 5.75 Å². The fourth-order valence-corrected chi connectivity index (χ4v) is 1.05. The van der Waals surface area contributed by atoms with Crippen molar-refractivity contribution in [2.75, 3.05) is 6.61 Å². The Morgan fingerprint density at radius 1 is 1.20 bits per heavy atom. The zero-order valence-electron chi connectivity index (χ0n) is 10.7. The van der Waals surface area contributed by atoms with Crippen LogP contribution in [0.1, 0.15) is 41.5 Å². The Bertz CT molecular complexity index is 315. The highest BCUT2D eigenvalue weighted by Gasteiger charge is 2.16. The van der Waals surface area contributed by atoms with Crippen molar-refractivity contribution in [3.8, 4) is 5.75 Å². The van der Waals surface area contributed by atoms with E-state index in [4.69, 9.17) is 4.74 Å². The normalized spacial score (nSPS) is 12.9. The van der Waals surface area contributed by atoms with Gasteiger partial charge in [-0.3, -0.25) is 4.68 Å². The van der Waals surface area contributed by atoms with Gasteiger partial charge < -0.3 is 4.74 Å². The van der Waals surface area contributed by atoms with Crippen molar-refractivity contribution in [3.63, 3.8) is 0 Å². The molecule has 1 aromatic rings. The van der Waals surface area contributed by atoms with Gasteiger partial charge in [0.05, 0.1) is 24.5 Å². The first kappa shape index (κ1) is 12.1. The van der Waals surface area contributed by atoms with Gasteiger partial charge in [-0.2, -0.15) is 5.10 Å². The molecule has 0 bridgehead atoms. The summed E-state index contributed by atoms with van der Waals surface area (Å²) < 4.78 is 7.58. The van der Waals surface area contributed by atoms with E-state index in [-0.39, 0.29) is 11.0 Å². The van der Waals surface area contributed by atoms with Crippen LogP contribution >= 0.6 is 0 Å². The Hall–Kier alpha value is -0.990. The summed E-state index contributed by atoms with van der Waals surface area (Å²) in [5.74, 6) is 0.847. The van der Waals surface area contributed by atoms with E-state index in [2.05, 4.69) is 46.6 Å². The Morgan fingerprint density at radius 3 is 2.20 bits per heavy atom. The zero-order valence-corrected chi connectivity index (χ0v) is 10.7. The van der Waals surface area contributed by atoms with Crippen molar-refractivity contribution in [3.05, 3.63) is 12.4 Å². The molecule has 0 spiro atoms. The van der Waals surface area contributed by atoms with E-state index in [1.807, 2.05) is 10.9 Å². The Morgan fingerprint density at radius 2 is 1.80 bits per heavy atom. The van der Waals surface area contributed by atoms with E-state index in [1.165, 1.54) is 0 Å². The molecule has 3 heteroatoms. The Kier molecular flexibility index (Phi) is 3.12. The number of ether oxygens (including phenoxy) is 1. The van der Waals surface area contributed by atoms with Crippen LogP contribution in [0.25, 0.3) is 0 Å². The van der Waals surface area contributed by atoms with Gasteiger partial charge in [0, 0.05) is 0 Å². The average Bonchev–Trinajstić information content (AvgIpc) is 2.45. The first-order valence-electron chi connectivity index (χ1n) is 5.36. The summed E-state index contributed by atoms with van der Waals surface area (Å²) in [5.41, 5.74) is 0.202. The second-order valence-electron chi connectivity index (χ2n) is 6.14. The molecule has 3 nitrogen and oxygen atoms in total. The number of nitrogens with zero attached hydrogens (tertiary/aromatic N) is 2.